The Labute approximate surface area is 84.2 Å². The van der Waals surface area contributed by atoms with Gasteiger partial charge in [0.2, 0.25) is 11.8 Å². The van der Waals surface area contributed by atoms with Crippen molar-refractivity contribution in [1.29, 1.82) is 0 Å². The van der Waals surface area contributed by atoms with Gasteiger partial charge in [-0.1, -0.05) is 6.92 Å². The van der Waals surface area contributed by atoms with Crippen molar-refractivity contribution in [3.63, 3.8) is 0 Å². The monoisotopic (exact) mass is 202 g/mol. The molecule has 0 aromatic heterocycles. The molecule has 2 N–H and O–H groups in total. The van der Waals surface area contributed by atoms with Crippen LogP contribution in [-0.4, -0.2) is 38.6 Å². The van der Waals surface area contributed by atoms with E-state index in [1.165, 1.54) is 7.11 Å². The van der Waals surface area contributed by atoms with Gasteiger partial charge in [-0.3, -0.25) is 9.59 Å². The van der Waals surface area contributed by atoms with E-state index >= 15 is 0 Å². The van der Waals surface area contributed by atoms with Gasteiger partial charge in [0.1, 0.15) is 6.61 Å². The average Bonchev–Trinajstić information content (AvgIpc) is 2.17. The second kappa shape index (κ2) is 8.50. The van der Waals surface area contributed by atoms with Crippen LogP contribution < -0.4 is 10.6 Å². The van der Waals surface area contributed by atoms with Gasteiger partial charge in [-0.2, -0.15) is 0 Å². The van der Waals surface area contributed by atoms with Crippen molar-refractivity contribution in [2.45, 2.75) is 19.8 Å². The second-order valence-electron chi connectivity index (χ2n) is 2.84. The Bertz CT molecular complexity index is 183. The van der Waals surface area contributed by atoms with Crippen LogP contribution in [0.4, 0.5) is 0 Å². The van der Waals surface area contributed by atoms with Crippen molar-refractivity contribution >= 4 is 11.8 Å². The predicted octanol–water partition coefficient (Wildman–Crippen LogP) is -0.335. The molecule has 0 aromatic carbocycles. The molecule has 0 fully saturated rings. The zero-order valence-corrected chi connectivity index (χ0v) is 8.76. The molecule has 0 heterocycles. The molecule has 5 nitrogen and oxygen atoms in total. The van der Waals surface area contributed by atoms with Crippen molar-refractivity contribution in [1.82, 2.24) is 10.6 Å². The molecular weight excluding hydrogens is 184 g/mol. The summed E-state index contributed by atoms with van der Waals surface area (Å²) in [5.41, 5.74) is 0. The summed E-state index contributed by atoms with van der Waals surface area (Å²) in [6.45, 7) is 3.04. The molecule has 14 heavy (non-hydrogen) atoms. The zero-order valence-electron chi connectivity index (χ0n) is 8.76. The summed E-state index contributed by atoms with van der Waals surface area (Å²) in [6.07, 6.45) is 1.23. The first kappa shape index (κ1) is 12.9. The van der Waals surface area contributed by atoms with Gasteiger partial charge in [-0.25, -0.2) is 0 Å². The van der Waals surface area contributed by atoms with Gasteiger partial charge in [0.15, 0.2) is 0 Å². The van der Waals surface area contributed by atoms with E-state index in [9.17, 15) is 9.59 Å². The van der Waals surface area contributed by atoms with Crippen LogP contribution in [0.1, 0.15) is 19.8 Å². The Morgan fingerprint density at radius 1 is 1.14 bits per heavy atom. The minimum Gasteiger partial charge on any atom is -0.375 e. The lowest BCUT2D eigenvalue weighted by Crippen LogP contribution is -2.31. The molecule has 0 aliphatic carbocycles. The Balaban J connectivity index is 3.21. The van der Waals surface area contributed by atoms with Crippen molar-refractivity contribution in [2.24, 2.45) is 0 Å². The van der Waals surface area contributed by atoms with Crippen molar-refractivity contribution < 1.29 is 14.3 Å². The molecule has 82 valence electrons. The maximum absolute atomic E-state index is 10.9. The Morgan fingerprint density at radius 2 is 1.71 bits per heavy atom. The summed E-state index contributed by atoms with van der Waals surface area (Å²) in [5, 5.41) is 5.38. The number of carbonyl (C=O) groups is 2. The third-order valence-corrected chi connectivity index (χ3v) is 1.59. The van der Waals surface area contributed by atoms with E-state index in [1.807, 2.05) is 0 Å². The summed E-state index contributed by atoms with van der Waals surface area (Å²) in [5.74, 6) is -0.0949. The van der Waals surface area contributed by atoms with Crippen LogP contribution in [0.5, 0.6) is 0 Å². The number of hydrogen-bond acceptors (Lipinski definition) is 3. The van der Waals surface area contributed by atoms with Crippen molar-refractivity contribution in [2.75, 3.05) is 26.8 Å². The molecule has 2 amide bonds. The summed E-state index contributed by atoms with van der Waals surface area (Å²) in [7, 11) is 1.47. The first-order valence-corrected chi connectivity index (χ1v) is 4.73. The number of amides is 2. The fourth-order valence-corrected chi connectivity index (χ4v) is 0.851. The van der Waals surface area contributed by atoms with Crippen LogP contribution >= 0.6 is 0 Å². The van der Waals surface area contributed by atoms with E-state index in [2.05, 4.69) is 15.4 Å². The Morgan fingerprint density at radius 3 is 2.21 bits per heavy atom. The molecule has 0 saturated carbocycles. The molecule has 0 atom stereocenters. The lowest BCUT2D eigenvalue weighted by atomic mass is 10.4. The number of carbonyl (C=O) groups excluding carboxylic acids is 2. The van der Waals surface area contributed by atoms with Crippen molar-refractivity contribution in [3.05, 3.63) is 0 Å². The maximum Gasteiger partial charge on any atom is 0.245 e. The highest BCUT2D eigenvalue weighted by molar-refractivity contribution is 5.77. The maximum atomic E-state index is 10.9. The molecule has 0 spiro atoms. The molecular formula is C9H18N2O3. The van der Waals surface area contributed by atoms with E-state index in [0.29, 0.717) is 19.5 Å². The number of nitrogens with one attached hydrogen (secondary N) is 2. The first-order chi connectivity index (χ1) is 6.70. The van der Waals surface area contributed by atoms with Gasteiger partial charge in [0, 0.05) is 26.6 Å². The molecule has 0 saturated heterocycles. The number of methoxy groups -OCH3 is 1. The van der Waals surface area contributed by atoms with Gasteiger partial charge in [0.25, 0.3) is 0 Å². The molecule has 0 aliphatic heterocycles. The molecule has 0 aromatic rings. The van der Waals surface area contributed by atoms with Crippen LogP contribution in [0.2, 0.25) is 0 Å². The van der Waals surface area contributed by atoms with Gasteiger partial charge in [0.05, 0.1) is 0 Å². The second-order valence-corrected chi connectivity index (χ2v) is 2.84. The highest BCUT2D eigenvalue weighted by atomic mass is 16.5. The van der Waals surface area contributed by atoms with Gasteiger partial charge in [-0.05, 0) is 6.42 Å². The summed E-state index contributed by atoms with van der Waals surface area (Å²) in [4.78, 5) is 21.7. The minimum atomic E-state index is -0.130. The third kappa shape index (κ3) is 7.54. The first-order valence-electron chi connectivity index (χ1n) is 4.73. The highest BCUT2D eigenvalue weighted by Crippen LogP contribution is 1.78. The molecule has 0 rings (SSSR count). The van der Waals surface area contributed by atoms with E-state index in [-0.39, 0.29) is 18.4 Å². The van der Waals surface area contributed by atoms with Crippen LogP contribution in [0.25, 0.3) is 0 Å². The van der Waals surface area contributed by atoms with Gasteiger partial charge < -0.3 is 15.4 Å². The quantitative estimate of drug-likeness (QED) is 0.555. The molecule has 0 aliphatic rings. The van der Waals surface area contributed by atoms with Gasteiger partial charge in [-0.15, -0.1) is 0 Å². The summed E-state index contributed by atoms with van der Waals surface area (Å²) >= 11 is 0. The molecule has 0 radical (unpaired) electrons. The van der Waals surface area contributed by atoms with E-state index in [1.54, 1.807) is 6.92 Å². The van der Waals surface area contributed by atoms with Crippen LogP contribution in [-0.2, 0) is 14.3 Å². The van der Waals surface area contributed by atoms with Crippen molar-refractivity contribution in [3.8, 4) is 0 Å². The molecule has 0 unspecified atom stereocenters. The highest BCUT2D eigenvalue weighted by Gasteiger charge is 1.98. The number of rotatable bonds is 7. The largest absolute Gasteiger partial charge is 0.375 e. The normalized spacial score (nSPS) is 9.57. The molecule has 5 heteroatoms. The average molecular weight is 202 g/mol. The third-order valence-electron chi connectivity index (χ3n) is 1.59. The van der Waals surface area contributed by atoms with E-state index < -0.39 is 0 Å². The summed E-state index contributed by atoms with van der Waals surface area (Å²) < 4.78 is 4.63. The predicted molar refractivity (Wildman–Crippen MR) is 52.8 cm³/mol. The van der Waals surface area contributed by atoms with E-state index in [0.717, 1.165) is 6.42 Å². The Kier molecular flexibility index (Phi) is 7.83. The Hall–Kier alpha value is -1.10. The zero-order chi connectivity index (χ0) is 10.8. The topological polar surface area (TPSA) is 67.4 Å². The fraction of sp³-hybridized carbons (Fsp3) is 0.778. The smallest absolute Gasteiger partial charge is 0.245 e. The number of hydrogen-bond donors (Lipinski definition) is 2. The lowest BCUT2D eigenvalue weighted by Gasteiger charge is -2.05. The fourth-order valence-electron chi connectivity index (χ4n) is 0.851. The number of ether oxygens (including phenoxy) is 1. The van der Waals surface area contributed by atoms with Crippen LogP contribution in [0.15, 0.2) is 0 Å². The van der Waals surface area contributed by atoms with E-state index in [4.69, 9.17) is 0 Å². The SMILES string of the molecule is CCC(=O)NCCCNC(=O)COC. The van der Waals surface area contributed by atoms with Crippen LogP contribution in [0, 0.1) is 0 Å². The lowest BCUT2D eigenvalue weighted by molar-refractivity contribution is -0.124. The standard InChI is InChI=1S/C9H18N2O3/c1-3-8(12)10-5-4-6-11-9(13)7-14-2/h3-7H2,1-2H3,(H,10,12)(H,11,13). The minimum absolute atomic E-state index is 0.0354. The van der Waals surface area contributed by atoms with Gasteiger partial charge >= 0.3 is 0 Å². The van der Waals surface area contributed by atoms with Crippen LogP contribution in [0.3, 0.4) is 0 Å². The molecule has 0 bridgehead atoms. The summed E-state index contributed by atoms with van der Waals surface area (Å²) in [6, 6.07) is 0.